The van der Waals surface area contributed by atoms with Gasteiger partial charge in [0.15, 0.2) is 0 Å². The van der Waals surface area contributed by atoms with Gasteiger partial charge in [0.25, 0.3) is 0 Å². The lowest BCUT2D eigenvalue weighted by Crippen LogP contribution is -2.19. The minimum absolute atomic E-state index is 0.0848. The van der Waals surface area contributed by atoms with Crippen LogP contribution in [0, 0.1) is 0 Å². The summed E-state index contributed by atoms with van der Waals surface area (Å²) in [5.41, 5.74) is 16.1. The van der Waals surface area contributed by atoms with Crippen LogP contribution in [0.5, 0.6) is 0 Å². The van der Waals surface area contributed by atoms with Gasteiger partial charge in [0.1, 0.15) is 0 Å². The van der Waals surface area contributed by atoms with Crippen molar-refractivity contribution in [3.63, 3.8) is 0 Å². The molecule has 84 heavy (non-hydrogen) atoms. The Hall–Kier alpha value is -2.58. The molecule has 7 aromatic rings. The minimum Gasteiger partial charge on any atom is -0.139 e. The molecule has 0 amide bonds. The summed E-state index contributed by atoms with van der Waals surface area (Å²) >= 11 is 12.5. The van der Waals surface area contributed by atoms with Crippen molar-refractivity contribution >= 4 is 68.0 Å². The fourth-order valence-electron chi connectivity index (χ4n) is 12.0. The molecule has 6 aromatic heterocycles. The first-order valence-corrected chi connectivity index (χ1v) is 36.3. The molecular weight excluding hydrogens is 1130 g/mol. The third kappa shape index (κ3) is 13.6. The molecule has 6 heteroatoms. The Balaban J connectivity index is 2.09. The number of rotatable bonds is 6. The molecule has 0 saturated carbocycles. The molecule has 6 heterocycles. The molecule has 1 aromatic carbocycles. The van der Waals surface area contributed by atoms with Gasteiger partial charge in [0.2, 0.25) is 0 Å². The largest absolute Gasteiger partial charge is 0.139 e. The molecule has 0 radical (unpaired) electrons. The lowest BCUT2D eigenvalue weighted by atomic mass is 9.77. The van der Waals surface area contributed by atoms with E-state index in [2.05, 4.69) is 354 Å². The van der Waals surface area contributed by atoms with Crippen molar-refractivity contribution in [2.45, 2.75) is 314 Å². The Morgan fingerprint density at radius 2 is 0.250 bits per heavy atom. The van der Waals surface area contributed by atoms with E-state index in [4.69, 9.17) is 0 Å². The van der Waals surface area contributed by atoms with E-state index in [1.807, 2.05) is 0 Å². The number of thiophene rings is 6. The van der Waals surface area contributed by atoms with Crippen LogP contribution in [0.1, 0.15) is 312 Å². The van der Waals surface area contributed by atoms with E-state index in [1.54, 1.807) is 0 Å². The zero-order valence-electron chi connectivity index (χ0n) is 59.9. The Kier molecular flexibility index (Phi) is 17.7. The van der Waals surface area contributed by atoms with Crippen molar-refractivity contribution in [1.29, 1.82) is 0 Å². The fourth-order valence-corrected chi connectivity index (χ4v) is 20.9. The maximum Gasteiger partial charge on any atom is 0.0362 e. The maximum atomic E-state index is 2.69. The molecule has 0 aliphatic heterocycles. The van der Waals surface area contributed by atoms with Gasteiger partial charge >= 0.3 is 0 Å². The summed E-state index contributed by atoms with van der Waals surface area (Å²) in [4.78, 5) is 17.1. The van der Waals surface area contributed by atoms with Gasteiger partial charge in [-0.3, -0.25) is 0 Å². The molecule has 0 bridgehead atoms. The van der Waals surface area contributed by atoms with Crippen LogP contribution in [0.25, 0.3) is 62.6 Å². The second-order valence-corrected chi connectivity index (χ2v) is 43.7. The maximum absolute atomic E-state index is 2.69. The van der Waals surface area contributed by atoms with Crippen LogP contribution in [-0.2, 0) is 65.0 Å². The summed E-state index contributed by atoms with van der Waals surface area (Å²) in [6.45, 7) is 88.2. The van der Waals surface area contributed by atoms with Crippen LogP contribution in [-0.4, -0.2) is 0 Å². The number of hydrogen-bond donors (Lipinski definition) is 0. The van der Waals surface area contributed by atoms with Crippen molar-refractivity contribution in [2.75, 3.05) is 0 Å². The molecule has 0 aliphatic rings. The van der Waals surface area contributed by atoms with E-state index >= 15 is 0 Å². The Morgan fingerprint density at radius 3 is 0.310 bits per heavy atom. The summed E-state index contributed by atoms with van der Waals surface area (Å²) in [6.07, 6.45) is 0. The van der Waals surface area contributed by atoms with Gasteiger partial charge < -0.3 is 0 Å². The van der Waals surface area contributed by atoms with E-state index < -0.39 is 0 Å². The Bertz CT molecular complexity index is 2740. The summed E-state index contributed by atoms with van der Waals surface area (Å²) < 4.78 is 0. The zero-order valence-corrected chi connectivity index (χ0v) is 64.8. The molecule has 0 aliphatic carbocycles. The van der Waals surface area contributed by atoms with Crippen molar-refractivity contribution in [3.05, 3.63) is 99.0 Å². The topological polar surface area (TPSA) is 0 Å². The lowest BCUT2D eigenvalue weighted by Gasteiger charge is -2.26. The second-order valence-electron chi connectivity index (χ2n) is 37.4. The Morgan fingerprint density at radius 1 is 0.155 bits per heavy atom. The van der Waals surface area contributed by atoms with E-state index in [0.717, 1.165) is 0 Å². The molecule has 0 saturated heterocycles. The van der Waals surface area contributed by atoms with Gasteiger partial charge in [-0.15, -0.1) is 68.0 Å². The quantitative estimate of drug-likeness (QED) is 0.156. The van der Waals surface area contributed by atoms with Gasteiger partial charge in [-0.2, -0.15) is 0 Å². The third-order valence-corrected chi connectivity index (χ3v) is 25.8. The van der Waals surface area contributed by atoms with Crippen LogP contribution in [0.15, 0.2) is 36.4 Å². The van der Waals surface area contributed by atoms with Gasteiger partial charge in [0.05, 0.1) is 0 Å². The van der Waals surface area contributed by atoms with Crippen LogP contribution in [0.4, 0.5) is 0 Å². The highest BCUT2D eigenvalue weighted by Gasteiger charge is 2.42. The van der Waals surface area contributed by atoms with Crippen molar-refractivity contribution in [3.8, 4) is 62.6 Å². The summed E-state index contributed by atoms with van der Waals surface area (Å²) in [5, 5.41) is 0. The molecular formula is C78H114S6. The minimum atomic E-state index is -0.0929. The van der Waals surface area contributed by atoms with Crippen LogP contribution < -0.4 is 0 Å². The molecule has 7 rings (SSSR count). The monoisotopic (exact) mass is 1240 g/mol. The first-order valence-electron chi connectivity index (χ1n) is 31.4. The number of benzene rings is 1. The van der Waals surface area contributed by atoms with Crippen molar-refractivity contribution in [1.82, 2.24) is 0 Å². The van der Waals surface area contributed by atoms with Crippen LogP contribution >= 0.6 is 68.0 Å². The number of hydrogen-bond acceptors (Lipinski definition) is 6. The first-order chi connectivity index (χ1) is 37.3. The SMILES string of the molecule is CC(C)(C)c1cc(-c2c(-c3cc(C(C)(C)C)c(C(C)(C)C)s3)c(-c3cc(C(C)(C)C)c(C(C)(C)C)s3)c(-c3cc(C(C)(C)C)c(C(C)(C)C)s3)c(-c3cc(C(C)(C)C)c(C(C)(C)C)s3)c2-c2cc(C(C)(C)C)c(C(C)(C)C)s2)sc1C(C)(C)C. The molecule has 0 fully saturated rings. The molecule has 0 atom stereocenters. The van der Waals surface area contributed by atoms with E-state index in [1.165, 1.54) is 125 Å². The van der Waals surface area contributed by atoms with E-state index in [-0.39, 0.29) is 65.0 Å². The normalized spacial score (nSPS) is 14.4. The van der Waals surface area contributed by atoms with Crippen LogP contribution in [0.3, 0.4) is 0 Å². The summed E-state index contributed by atoms with van der Waals surface area (Å²) in [7, 11) is 0. The van der Waals surface area contributed by atoms with Gasteiger partial charge in [-0.05, 0) is 135 Å². The van der Waals surface area contributed by atoms with Crippen LogP contribution in [0.2, 0.25) is 0 Å². The van der Waals surface area contributed by atoms with Gasteiger partial charge in [0, 0.05) is 91.9 Å². The second kappa shape index (κ2) is 21.6. The molecule has 0 nitrogen and oxygen atoms in total. The predicted octanol–water partition coefficient (Wildman–Crippen LogP) is 27.6. The lowest BCUT2D eigenvalue weighted by molar-refractivity contribution is 0.542. The molecule has 462 valence electrons. The molecule has 0 spiro atoms. The molecule has 0 unspecified atom stereocenters. The smallest absolute Gasteiger partial charge is 0.0362 e. The highest BCUT2D eigenvalue weighted by Crippen LogP contribution is 2.65. The average Bonchev–Trinajstić information content (AvgIpc) is 2.19. The first kappa shape index (κ1) is 68.9. The Labute approximate surface area is 539 Å². The average molecular weight is 1240 g/mol. The zero-order chi connectivity index (χ0) is 64.3. The predicted molar refractivity (Wildman–Crippen MR) is 391 cm³/mol. The summed E-state index contributed by atoms with van der Waals surface area (Å²) in [6, 6.07) is 16.2. The molecule has 0 N–H and O–H groups in total. The van der Waals surface area contributed by atoms with Crippen molar-refractivity contribution in [2.24, 2.45) is 0 Å². The van der Waals surface area contributed by atoms with E-state index in [9.17, 15) is 0 Å². The summed E-state index contributed by atoms with van der Waals surface area (Å²) in [5.74, 6) is 0. The fraction of sp³-hybridized carbons (Fsp3) is 0.615. The van der Waals surface area contributed by atoms with Gasteiger partial charge in [-0.25, -0.2) is 0 Å². The van der Waals surface area contributed by atoms with Gasteiger partial charge in [-0.1, -0.05) is 249 Å². The standard InChI is InChI=1S/C78H114S6/c1-67(2,3)43-37-49(79-61(43)73(19,20)21)55-56(50-38-44(68(4,5)6)62(80-50)74(22,23)24)58(52-40-46(70(10,11)12)64(82-52)76(28,29)30)60(54-42-48(72(16,17)18)66(84-54)78(34,35)36)59(53-41-47(71(13,14)15)65(83-53)77(31,32)33)57(55)51-39-45(69(7,8)9)63(81-51)75(25,26)27/h37-42H,1-36H3. The third-order valence-electron chi connectivity index (χ3n) is 16.3. The highest BCUT2D eigenvalue weighted by atomic mass is 32.1. The van der Waals surface area contributed by atoms with E-state index in [0.29, 0.717) is 0 Å². The highest BCUT2D eigenvalue weighted by molar-refractivity contribution is 7.20. The van der Waals surface area contributed by atoms with Crippen molar-refractivity contribution < 1.29 is 0 Å².